The van der Waals surface area contributed by atoms with Gasteiger partial charge in [0.1, 0.15) is 5.82 Å². The predicted octanol–water partition coefficient (Wildman–Crippen LogP) is 4.09. The van der Waals surface area contributed by atoms with Crippen LogP contribution in [0.3, 0.4) is 0 Å². The topological polar surface area (TPSA) is 43.8 Å². The summed E-state index contributed by atoms with van der Waals surface area (Å²) in [4.78, 5) is 4.20. The molecule has 1 aromatic heterocycles. The minimum Gasteiger partial charge on any atom is -0.369 e. The molecule has 0 spiro atoms. The number of nitrogens with zero attached hydrogens (tertiary/aromatic N) is 2. The lowest BCUT2D eigenvalue weighted by molar-refractivity contribution is 0.214. The van der Waals surface area contributed by atoms with Crippen LogP contribution in [0, 0.1) is 17.2 Å². The lowest BCUT2D eigenvalue weighted by Gasteiger charge is -2.30. The Morgan fingerprint density at radius 1 is 1.42 bits per heavy atom. The van der Waals surface area contributed by atoms with E-state index in [1.54, 1.807) is 6.07 Å². The van der Waals surface area contributed by atoms with Crippen molar-refractivity contribution < 1.29 is 4.39 Å². The molecule has 2 N–H and O–H groups in total. The Morgan fingerprint density at radius 2 is 2.05 bits per heavy atom. The summed E-state index contributed by atoms with van der Waals surface area (Å²) in [5.41, 5.74) is 7.32. The van der Waals surface area contributed by atoms with Gasteiger partial charge in [-0.05, 0) is 17.4 Å². The summed E-state index contributed by atoms with van der Waals surface area (Å²) in [5.74, 6) is 0.410. The molecule has 104 valence electrons. The van der Waals surface area contributed by atoms with Gasteiger partial charge in [-0.15, -0.1) is 0 Å². The summed E-state index contributed by atoms with van der Waals surface area (Å²) in [6.07, 6.45) is 0. The molecule has 0 aliphatic carbocycles. The van der Waals surface area contributed by atoms with E-state index in [0.29, 0.717) is 17.4 Å². The number of rotatable bonds is 3. The highest BCUT2D eigenvalue weighted by atomic mass is 35.5. The van der Waals surface area contributed by atoms with Crippen molar-refractivity contribution in [2.45, 2.75) is 34.2 Å². The number of hydrogen-bond acceptors (Lipinski definition) is 2. The molecule has 0 saturated heterocycles. The highest BCUT2D eigenvalue weighted by Crippen LogP contribution is 2.32. The van der Waals surface area contributed by atoms with Crippen molar-refractivity contribution in [2.75, 3.05) is 5.73 Å². The van der Waals surface area contributed by atoms with Crippen LogP contribution in [0.25, 0.3) is 11.0 Å². The summed E-state index contributed by atoms with van der Waals surface area (Å²) >= 11 is 5.85. The van der Waals surface area contributed by atoms with E-state index in [9.17, 15) is 4.39 Å². The maximum absolute atomic E-state index is 13.4. The van der Waals surface area contributed by atoms with Gasteiger partial charge in [-0.3, -0.25) is 0 Å². The summed E-state index contributed by atoms with van der Waals surface area (Å²) in [7, 11) is 0. The van der Waals surface area contributed by atoms with Crippen LogP contribution in [-0.4, -0.2) is 9.55 Å². The van der Waals surface area contributed by atoms with Crippen molar-refractivity contribution in [2.24, 2.45) is 11.3 Å². The largest absolute Gasteiger partial charge is 0.369 e. The van der Waals surface area contributed by atoms with Crippen LogP contribution in [0.2, 0.25) is 5.02 Å². The molecule has 0 aliphatic rings. The average Bonchev–Trinajstić information content (AvgIpc) is 2.56. The third-order valence-corrected chi connectivity index (χ3v) is 4.24. The number of hydrogen-bond donors (Lipinski definition) is 1. The molecular formula is C14H19ClFN3. The molecule has 0 saturated carbocycles. The number of halogens is 2. The fourth-order valence-electron chi connectivity index (χ4n) is 1.90. The molecule has 0 unspecified atom stereocenters. The van der Waals surface area contributed by atoms with Gasteiger partial charge in [0.25, 0.3) is 0 Å². The first kappa shape index (κ1) is 14.1. The van der Waals surface area contributed by atoms with E-state index in [1.807, 2.05) is 4.57 Å². The summed E-state index contributed by atoms with van der Waals surface area (Å²) in [6, 6.07) is 2.92. The van der Waals surface area contributed by atoms with E-state index in [-0.39, 0.29) is 10.4 Å². The second kappa shape index (κ2) is 4.67. The van der Waals surface area contributed by atoms with E-state index in [0.717, 1.165) is 12.1 Å². The Balaban J connectivity index is 2.54. The summed E-state index contributed by atoms with van der Waals surface area (Å²) < 4.78 is 15.3. The molecule has 0 atom stereocenters. The maximum atomic E-state index is 13.4. The van der Waals surface area contributed by atoms with Crippen molar-refractivity contribution in [1.82, 2.24) is 9.55 Å². The first-order valence-corrected chi connectivity index (χ1v) is 6.71. The molecular weight excluding hydrogens is 265 g/mol. The van der Waals surface area contributed by atoms with Crippen molar-refractivity contribution in [3.63, 3.8) is 0 Å². The van der Waals surface area contributed by atoms with Crippen molar-refractivity contribution >= 4 is 28.6 Å². The van der Waals surface area contributed by atoms with E-state index in [2.05, 4.69) is 32.7 Å². The molecule has 2 rings (SSSR count). The highest BCUT2D eigenvalue weighted by Gasteiger charge is 2.25. The van der Waals surface area contributed by atoms with Crippen LogP contribution in [-0.2, 0) is 6.54 Å². The molecule has 0 bridgehead atoms. The molecule has 0 aliphatic heterocycles. The lowest BCUT2D eigenvalue weighted by atomic mass is 9.81. The second-order valence-electron chi connectivity index (χ2n) is 5.95. The van der Waals surface area contributed by atoms with Crippen LogP contribution < -0.4 is 5.73 Å². The van der Waals surface area contributed by atoms with Crippen molar-refractivity contribution in [1.29, 1.82) is 0 Å². The quantitative estimate of drug-likeness (QED) is 0.922. The number of nitrogen functional groups attached to an aromatic ring is 1. The number of nitrogens with two attached hydrogens (primary N) is 1. The SMILES string of the molecule is CC(C)C(C)(C)Cn1c(N)nc2cc(F)c(Cl)cc21. The first-order chi connectivity index (χ1) is 8.72. The maximum Gasteiger partial charge on any atom is 0.201 e. The van der Waals surface area contributed by atoms with Gasteiger partial charge in [0, 0.05) is 12.6 Å². The zero-order valence-electron chi connectivity index (χ0n) is 11.7. The van der Waals surface area contributed by atoms with E-state index in [4.69, 9.17) is 17.3 Å². The fourth-order valence-corrected chi connectivity index (χ4v) is 2.05. The minimum atomic E-state index is -0.470. The Morgan fingerprint density at radius 3 is 2.63 bits per heavy atom. The van der Waals surface area contributed by atoms with Crippen LogP contribution in [0.4, 0.5) is 10.3 Å². The smallest absolute Gasteiger partial charge is 0.201 e. The molecule has 2 aromatic rings. The molecule has 19 heavy (non-hydrogen) atoms. The summed E-state index contributed by atoms with van der Waals surface area (Å²) in [6.45, 7) is 9.40. The van der Waals surface area contributed by atoms with Gasteiger partial charge in [0.15, 0.2) is 0 Å². The van der Waals surface area contributed by atoms with E-state index in [1.165, 1.54) is 6.07 Å². The predicted molar refractivity (Wildman–Crippen MR) is 77.7 cm³/mol. The molecule has 5 heteroatoms. The number of imidazole rings is 1. The molecule has 3 nitrogen and oxygen atoms in total. The Bertz CT molecular complexity index is 617. The molecule has 0 fully saturated rings. The van der Waals surface area contributed by atoms with Gasteiger partial charge in [0.2, 0.25) is 5.95 Å². The fraction of sp³-hybridized carbons (Fsp3) is 0.500. The van der Waals surface area contributed by atoms with Gasteiger partial charge in [-0.1, -0.05) is 39.3 Å². The van der Waals surface area contributed by atoms with E-state index >= 15 is 0 Å². The third kappa shape index (κ3) is 2.54. The zero-order chi connectivity index (χ0) is 14.4. The Labute approximate surface area is 117 Å². The third-order valence-electron chi connectivity index (χ3n) is 3.95. The number of anilines is 1. The van der Waals surface area contributed by atoms with Gasteiger partial charge >= 0.3 is 0 Å². The number of benzene rings is 1. The zero-order valence-corrected chi connectivity index (χ0v) is 12.4. The van der Waals surface area contributed by atoms with Gasteiger partial charge in [0.05, 0.1) is 16.1 Å². The Kier molecular flexibility index (Phi) is 3.47. The van der Waals surface area contributed by atoms with E-state index < -0.39 is 5.82 Å². The van der Waals surface area contributed by atoms with Crippen LogP contribution >= 0.6 is 11.6 Å². The molecule has 0 amide bonds. The second-order valence-corrected chi connectivity index (χ2v) is 6.36. The number of aromatic nitrogens is 2. The summed E-state index contributed by atoms with van der Waals surface area (Å²) in [5, 5.41) is 0.0935. The van der Waals surface area contributed by atoms with Crippen LogP contribution in [0.5, 0.6) is 0 Å². The normalized spacial score (nSPS) is 12.6. The van der Waals surface area contributed by atoms with Crippen LogP contribution in [0.15, 0.2) is 12.1 Å². The molecule has 0 radical (unpaired) electrons. The average molecular weight is 284 g/mol. The molecule has 1 aromatic carbocycles. The standard InChI is InChI=1S/C14H19ClFN3/c1-8(2)14(3,4)7-19-12-5-9(15)10(16)6-11(12)18-13(19)17/h5-6,8H,7H2,1-4H3,(H2,17,18). The van der Waals surface area contributed by atoms with Gasteiger partial charge in [-0.25, -0.2) is 9.37 Å². The first-order valence-electron chi connectivity index (χ1n) is 6.33. The van der Waals surface area contributed by atoms with Crippen molar-refractivity contribution in [3.05, 3.63) is 23.0 Å². The van der Waals surface area contributed by atoms with Crippen LogP contribution in [0.1, 0.15) is 27.7 Å². The molecule has 1 heterocycles. The highest BCUT2D eigenvalue weighted by molar-refractivity contribution is 6.31. The number of fused-ring (bicyclic) bond motifs is 1. The Hall–Kier alpha value is -1.29. The van der Waals surface area contributed by atoms with Crippen molar-refractivity contribution in [3.8, 4) is 0 Å². The van der Waals surface area contributed by atoms with Gasteiger partial charge in [-0.2, -0.15) is 0 Å². The van der Waals surface area contributed by atoms with Gasteiger partial charge < -0.3 is 10.3 Å². The minimum absolute atomic E-state index is 0.0581. The monoisotopic (exact) mass is 283 g/mol. The lowest BCUT2D eigenvalue weighted by Crippen LogP contribution is -2.26.